The average molecular weight is 238 g/mol. The van der Waals surface area contributed by atoms with Gasteiger partial charge in [0.25, 0.3) is 0 Å². The first-order valence-electron chi connectivity index (χ1n) is 5.41. The van der Waals surface area contributed by atoms with Gasteiger partial charge in [0.2, 0.25) is 5.91 Å². The van der Waals surface area contributed by atoms with Crippen LogP contribution in [0.15, 0.2) is 4.52 Å². The van der Waals surface area contributed by atoms with Gasteiger partial charge in [-0.1, -0.05) is 5.16 Å². The zero-order chi connectivity index (χ0) is 12.6. The predicted molar refractivity (Wildman–Crippen MR) is 57.1 cm³/mol. The van der Waals surface area contributed by atoms with E-state index < -0.39 is 11.9 Å². The lowest BCUT2D eigenvalue weighted by atomic mass is 10.1. The number of carbonyl (C=O) groups is 2. The number of carbonyl (C=O) groups excluding carboxylic acids is 1. The van der Waals surface area contributed by atoms with E-state index in [-0.39, 0.29) is 18.9 Å². The van der Waals surface area contributed by atoms with E-state index >= 15 is 0 Å². The maximum Gasteiger partial charge on any atom is 0.308 e. The molecule has 0 bridgehead atoms. The molecule has 0 unspecified atom stereocenters. The Bertz CT molecular complexity index is 447. The SMILES string of the molecule is Cc1noc(C)c1CN1C[C@H](C(=O)O)CC1=O. The van der Waals surface area contributed by atoms with Gasteiger partial charge >= 0.3 is 5.97 Å². The molecule has 0 aromatic carbocycles. The molecule has 1 aromatic heterocycles. The fourth-order valence-corrected chi connectivity index (χ4v) is 2.01. The highest BCUT2D eigenvalue weighted by atomic mass is 16.5. The number of aromatic nitrogens is 1. The second-order valence-electron chi connectivity index (χ2n) is 4.32. The maximum absolute atomic E-state index is 11.6. The summed E-state index contributed by atoms with van der Waals surface area (Å²) in [5.74, 6) is -0.964. The molecule has 0 radical (unpaired) electrons. The minimum Gasteiger partial charge on any atom is -0.481 e. The first kappa shape index (κ1) is 11.6. The molecule has 6 nitrogen and oxygen atoms in total. The second-order valence-corrected chi connectivity index (χ2v) is 4.32. The van der Waals surface area contributed by atoms with E-state index in [4.69, 9.17) is 9.63 Å². The molecule has 1 amide bonds. The highest BCUT2D eigenvalue weighted by Gasteiger charge is 2.34. The Hall–Kier alpha value is -1.85. The topological polar surface area (TPSA) is 83.6 Å². The van der Waals surface area contributed by atoms with E-state index in [0.29, 0.717) is 12.3 Å². The Morgan fingerprint density at radius 2 is 2.29 bits per heavy atom. The van der Waals surface area contributed by atoms with Crippen molar-refractivity contribution in [2.45, 2.75) is 26.8 Å². The van der Waals surface area contributed by atoms with Crippen LogP contribution in [0.4, 0.5) is 0 Å². The van der Waals surface area contributed by atoms with Crippen molar-refractivity contribution in [1.82, 2.24) is 10.1 Å². The summed E-state index contributed by atoms with van der Waals surface area (Å²) in [7, 11) is 0. The van der Waals surface area contributed by atoms with Crippen LogP contribution in [0.5, 0.6) is 0 Å². The van der Waals surface area contributed by atoms with Crippen LogP contribution < -0.4 is 0 Å². The number of carboxylic acids is 1. The van der Waals surface area contributed by atoms with Crippen LogP contribution in [-0.2, 0) is 16.1 Å². The molecule has 2 rings (SSSR count). The number of aliphatic carboxylic acids is 1. The van der Waals surface area contributed by atoms with Gasteiger partial charge in [-0.3, -0.25) is 9.59 Å². The number of aryl methyl sites for hydroxylation is 2. The average Bonchev–Trinajstić information content (AvgIpc) is 2.77. The molecule has 0 saturated carbocycles. The summed E-state index contributed by atoms with van der Waals surface area (Å²) in [5, 5.41) is 12.7. The summed E-state index contributed by atoms with van der Waals surface area (Å²) in [4.78, 5) is 24.0. The van der Waals surface area contributed by atoms with Crippen molar-refractivity contribution in [3.8, 4) is 0 Å². The van der Waals surface area contributed by atoms with Crippen LogP contribution in [0.1, 0.15) is 23.4 Å². The van der Waals surface area contributed by atoms with Crippen molar-refractivity contribution >= 4 is 11.9 Å². The molecule has 92 valence electrons. The zero-order valence-electron chi connectivity index (χ0n) is 9.77. The number of amides is 1. The summed E-state index contributed by atoms with van der Waals surface area (Å²) in [6.07, 6.45) is 0.0821. The van der Waals surface area contributed by atoms with Crippen LogP contribution in [-0.4, -0.2) is 33.6 Å². The van der Waals surface area contributed by atoms with Crippen LogP contribution >= 0.6 is 0 Å². The van der Waals surface area contributed by atoms with Gasteiger partial charge in [0.1, 0.15) is 5.76 Å². The third-order valence-electron chi connectivity index (χ3n) is 3.09. The Morgan fingerprint density at radius 3 is 2.76 bits per heavy atom. The number of hydrogen-bond acceptors (Lipinski definition) is 4. The zero-order valence-corrected chi connectivity index (χ0v) is 9.77. The third-order valence-corrected chi connectivity index (χ3v) is 3.09. The van der Waals surface area contributed by atoms with Gasteiger partial charge in [0.15, 0.2) is 0 Å². The van der Waals surface area contributed by atoms with E-state index in [9.17, 15) is 9.59 Å². The van der Waals surface area contributed by atoms with Crippen molar-refractivity contribution in [3.63, 3.8) is 0 Å². The molecule has 1 fully saturated rings. The summed E-state index contributed by atoms with van der Waals surface area (Å²) in [5.41, 5.74) is 1.61. The van der Waals surface area contributed by atoms with Crippen LogP contribution in [0, 0.1) is 19.8 Å². The number of rotatable bonds is 3. The van der Waals surface area contributed by atoms with Crippen molar-refractivity contribution in [2.24, 2.45) is 5.92 Å². The highest BCUT2D eigenvalue weighted by molar-refractivity contribution is 5.86. The molecule has 1 aliphatic heterocycles. The van der Waals surface area contributed by atoms with Gasteiger partial charge < -0.3 is 14.5 Å². The van der Waals surface area contributed by atoms with Crippen LogP contribution in [0.3, 0.4) is 0 Å². The van der Waals surface area contributed by atoms with Gasteiger partial charge in [0.05, 0.1) is 18.2 Å². The summed E-state index contributed by atoms with van der Waals surface area (Å²) in [6.45, 7) is 4.23. The molecule has 1 aromatic rings. The summed E-state index contributed by atoms with van der Waals surface area (Å²) in [6, 6.07) is 0. The van der Waals surface area contributed by atoms with Crippen LogP contribution in [0.2, 0.25) is 0 Å². The molecule has 1 saturated heterocycles. The van der Waals surface area contributed by atoms with Gasteiger partial charge in [-0.25, -0.2) is 0 Å². The molecular formula is C11H14N2O4. The number of nitrogens with zero attached hydrogens (tertiary/aromatic N) is 2. The standard InChI is InChI=1S/C11H14N2O4/c1-6-9(7(2)17-12-6)5-13-4-8(11(15)16)3-10(13)14/h8H,3-5H2,1-2H3,(H,15,16)/t8-/m1/s1. The van der Waals surface area contributed by atoms with E-state index in [1.165, 1.54) is 0 Å². The Kier molecular flexibility index (Phi) is 2.87. The monoisotopic (exact) mass is 238 g/mol. The predicted octanol–water partition coefficient (Wildman–Crippen LogP) is 0.725. The molecule has 17 heavy (non-hydrogen) atoms. The van der Waals surface area contributed by atoms with Gasteiger partial charge in [-0.2, -0.15) is 0 Å². The molecule has 1 aliphatic rings. The smallest absolute Gasteiger partial charge is 0.308 e. The van der Waals surface area contributed by atoms with E-state index in [1.54, 1.807) is 18.7 Å². The Morgan fingerprint density at radius 1 is 1.59 bits per heavy atom. The summed E-state index contributed by atoms with van der Waals surface area (Å²) < 4.78 is 5.01. The third kappa shape index (κ3) is 2.15. The minimum absolute atomic E-state index is 0.0821. The molecular weight excluding hydrogens is 224 g/mol. The summed E-state index contributed by atoms with van der Waals surface area (Å²) >= 11 is 0. The first-order valence-corrected chi connectivity index (χ1v) is 5.41. The number of likely N-dealkylation sites (tertiary alicyclic amines) is 1. The lowest BCUT2D eigenvalue weighted by Gasteiger charge is -2.15. The van der Waals surface area contributed by atoms with Gasteiger partial charge in [0, 0.05) is 18.5 Å². The molecule has 1 atom stereocenters. The van der Waals surface area contributed by atoms with Crippen molar-refractivity contribution in [2.75, 3.05) is 6.54 Å². The molecule has 0 aliphatic carbocycles. The van der Waals surface area contributed by atoms with E-state index in [1.807, 2.05) is 0 Å². The minimum atomic E-state index is -0.917. The van der Waals surface area contributed by atoms with E-state index in [2.05, 4.69) is 5.16 Å². The maximum atomic E-state index is 11.6. The van der Waals surface area contributed by atoms with Crippen molar-refractivity contribution in [1.29, 1.82) is 0 Å². The van der Waals surface area contributed by atoms with Crippen molar-refractivity contribution < 1.29 is 19.2 Å². The number of hydrogen-bond donors (Lipinski definition) is 1. The second kappa shape index (κ2) is 4.20. The lowest BCUT2D eigenvalue weighted by molar-refractivity contribution is -0.141. The molecule has 6 heteroatoms. The normalized spacial score (nSPS) is 20.0. The largest absolute Gasteiger partial charge is 0.481 e. The fourth-order valence-electron chi connectivity index (χ4n) is 2.01. The number of carboxylic acid groups (broad SMARTS) is 1. The fraction of sp³-hybridized carbons (Fsp3) is 0.545. The Balaban J connectivity index is 2.10. The van der Waals surface area contributed by atoms with Crippen LogP contribution in [0.25, 0.3) is 0 Å². The highest BCUT2D eigenvalue weighted by Crippen LogP contribution is 2.22. The van der Waals surface area contributed by atoms with Crippen molar-refractivity contribution in [3.05, 3.63) is 17.0 Å². The van der Waals surface area contributed by atoms with Gasteiger partial charge in [-0.15, -0.1) is 0 Å². The Labute approximate surface area is 98.2 Å². The lowest BCUT2D eigenvalue weighted by Crippen LogP contribution is -2.26. The quantitative estimate of drug-likeness (QED) is 0.839. The molecule has 0 spiro atoms. The molecule has 2 heterocycles. The first-order chi connectivity index (χ1) is 7.99. The molecule has 1 N–H and O–H groups in total. The van der Waals surface area contributed by atoms with Gasteiger partial charge in [-0.05, 0) is 13.8 Å². The van der Waals surface area contributed by atoms with E-state index in [0.717, 1.165) is 11.3 Å².